The van der Waals surface area contributed by atoms with Crippen molar-refractivity contribution in [3.05, 3.63) is 35.4 Å². The van der Waals surface area contributed by atoms with Gasteiger partial charge in [0.15, 0.2) is 0 Å². The zero-order valence-corrected chi connectivity index (χ0v) is 9.66. The van der Waals surface area contributed by atoms with Crippen LogP contribution < -0.4 is 5.43 Å². The van der Waals surface area contributed by atoms with Gasteiger partial charge in [-0.2, -0.15) is 5.10 Å². The number of hydrogen-bond acceptors (Lipinski definition) is 2. The summed E-state index contributed by atoms with van der Waals surface area (Å²) >= 11 is 0. The zero-order chi connectivity index (χ0) is 11.5. The smallest absolute Gasteiger partial charge is 0.243 e. The molecule has 3 heteroatoms. The van der Waals surface area contributed by atoms with Crippen molar-refractivity contribution >= 4 is 11.6 Å². The zero-order valence-electron chi connectivity index (χ0n) is 9.66. The molecule has 0 aromatic heterocycles. The fourth-order valence-corrected chi connectivity index (χ4v) is 1.61. The van der Waals surface area contributed by atoms with E-state index in [0.29, 0.717) is 0 Å². The number of hydrazone groups is 1. The molecule has 0 aliphatic heterocycles. The number of carbonyl (C=O) groups excluding carboxylic acids is 1. The normalized spacial score (nSPS) is 16.0. The van der Waals surface area contributed by atoms with Crippen molar-refractivity contribution < 1.29 is 4.79 Å². The lowest BCUT2D eigenvalue weighted by Crippen LogP contribution is -2.20. The average molecular weight is 216 g/mol. The lowest BCUT2D eigenvalue weighted by Gasteiger charge is -2.05. The Morgan fingerprint density at radius 1 is 1.38 bits per heavy atom. The van der Waals surface area contributed by atoms with E-state index in [4.69, 9.17) is 0 Å². The monoisotopic (exact) mass is 216 g/mol. The van der Waals surface area contributed by atoms with Crippen LogP contribution >= 0.6 is 0 Å². The Morgan fingerprint density at radius 3 is 2.69 bits per heavy atom. The third-order valence-corrected chi connectivity index (χ3v) is 2.82. The summed E-state index contributed by atoms with van der Waals surface area (Å²) in [5.41, 5.74) is 5.73. The van der Waals surface area contributed by atoms with Gasteiger partial charge in [0.2, 0.25) is 5.91 Å². The highest BCUT2D eigenvalue weighted by atomic mass is 16.2. The molecule has 0 spiro atoms. The summed E-state index contributed by atoms with van der Waals surface area (Å²) in [6, 6.07) is 8.02. The summed E-state index contributed by atoms with van der Waals surface area (Å²) < 4.78 is 0. The van der Waals surface area contributed by atoms with E-state index in [2.05, 4.69) is 10.5 Å². The molecule has 1 amide bonds. The minimum Gasteiger partial charge on any atom is -0.273 e. The number of nitrogens with one attached hydrogen (secondary N) is 1. The second-order valence-corrected chi connectivity index (χ2v) is 4.26. The molecule has 1 aromatic rings. The fraction of sp³-hybridized carbons (Fsp3) is 0.385. The van der Waals surface area contributed by atoms with Gasteiger partial charge >= 0.3 is 0 Å². The van der Waals surface area contributed by atoms with Gasteiger partial charge in [0.25, 0.3) is 0 Å². The van der Waals surface area contributed by atoms with Gasteiger partial charge in [-0.25, -0.2) is 5.43 Å². The van der Waals surface area contributed by atoms with Crippen molar-refractivity contribution in [2.75, 3.05) is 0 Å². The number of aryl methyl sites for hydroxylation is 1. The van der Waals surface area contributed by atoms with Gasteiger partial charge < -0.3 is 0 Å². The van der Waals surface area contributed by atoms with Crippen LogP contribution in [0, 0.1) is 12.8 Å². The first kappa shape index (κ1) is 10.9. The lowest BCUT2D eigenvalue weighted by atomic mass is 10.1. The molecule has 0 atom stereocenters. The minimum atomic E-state index is 0.0490. The van der Waals surface area contributed by atoms with E-state index in [1.54, 1.807) is 0 Å². The van der Waals surface area contributed by atoms with Gasteiger partial charge in [-0.1, -0.05) is 24.3 Å². The molecule has 1 aromatic carbocycles. The van der Waals surface area contributed by atoms with E-state index >= 15 is 0 Å². The molecular formula is C13H16N2O. The van der Waals surface area contributed by atoms with E-state index < -0.39 is 0 Å². The Bertz CT molecular complexity index is 433. The van der Waals surface area contributed by atoms with E-state index in [1.807, 2.05) is 38.1 Å². The molecule has 3 nitrogen and oxygen atoms in total. The third kappa shape index (κ3) is 2.48. The third-order valence-electron chi connectivity index (χ3n) is 2.82. The Hall–Kier alpha value is -1.64. The maximum Gasteiger partial charge on any atom is 0.243 e. The highest BCUT2D eigenvalue weighted by Gasteiger charge is 2.29. The number of nitrogens with zero attached hydrogens (tertiary/aromatic N) is 1. The minimum absolute atomic E-state index is 0.0490. The summed E-state index contributed by atoms with van der Waals surface area (Å²) in [6.07, 6.45) is 2.01. The van der Waals surface area contributed by atoms with Crippen LogP contribution in [0.15, 0.2) is 29.4 Å². The summed E-state index contributed by atoms with van der Waals surface area (Å²) in [5, 5.41) is 4.13. The van der Waals surface area contributed by atoms with E-state index in [-0.39, 0.29) is 11.8 Å². The molecular weight excluding hydrogens is 200 g/mol. The molecule has 0 heterocycles. The van der Waals surface area contributed by atoms with Crippen molar-refractivity contribution in [1.82, 2.24) is 5.43 Å². The van der Waals surface area contributed by atoms with Gasteiger partial charge in [-0.3, -0.25) is 4.79 Å². The van der Waals surface area contributed by atoms with Crippen molar-refractivity contribution in [2.24, 2.45) is 11.0 Å². The highest BCUT2D eigenvalue weighted by molar-refractivity contribution is 6.00. The molecule has 16 heavy (non-hydrogen) atoms. The summed E-state index contributed by atoms with van der Waals surface area (Å²) in [4.78, 5) is 11.4. The van der Waals surface area contributed by atoms with Gasteiger partial charge in [-0.15, -0.1) is 0 Å². The second-order valence-electron chi connectivity index (χ2n) is 4.26. The van der Waals surface area contributed by atoms with Crippen LogP contribution in [0.2, 0.25) is 0 Å². The topological polar surface area (TPSA) is 41.5 Å². The molecule has 1 aliphatic rings. The van der Waals surface area contributed by atoms with E-state index in [0.717, 1.165) is 24.1 Å². The summed E-state index contributed by atoms with van der Waals surface area (Å²) in [7, 11) is 0. The number of rotatable bonds is 3. The summed E-state index contributed by atoms with van der Waals surface area (Å²) in [5.74, 6) is 0.251. The van der Waals surface area contributed by atoms with Crippen LogP contribution in [-0.2, 0) is 4.79 Å². The molecule has 0 unspecified atom stereocenters. The number of amides is 1. The van der Waals surface area contributed by atoms with Crippen LogP contribution in [0.4, 0.5) is 0 Å². The van der Waals surface area contributed by atoms with Crippen molar-refractivity contribution in [3.8, 4) is 0 Å². The largest absolute Gasteiger partial charge is 0.273 e. The maximum absolute atomic E-state index is 11.4. The predicted octanol–water partition coefficient (Wildman–Crippen LogP) is 2.25. The lowest BCUT2D eigenvalue weighted by molar-refractivity contribution is -0.122. The van der Waals surface area contributed by atoms with Crippen LogP contribution in [0.5, 0.6) is 0 Å². The predicted molar refractivity (Wildman–Crippen MR) is 64.3 cm³/mol. The van der Waals surface area contributed by atoms with Gasteiger partial charge in [-0.05, 0) is 32.3 Å². The Balaban J connectivity index is 2.06. The maximum atomic E-state index is 11.4. The second kappa shape index (κ2) is 4.47. The van der Waals surface area contributed by atoms with Crippen molar-refractivity contribution in [1.29, 1.82) is 0 Å². The van der Waals surface area contributed by atoms with Crippen LogP contribution in [0.25, 0.3) is 0 Å². The number of hydrogen-bond donors (Lipinski definition) is 1. The van der Waals surface area contributed by atoms with Gasteiger partial charge in [0.05, 0.1) is 5.71 Å². The Kier molecular flexibility index (Phi) is 3.04. The number of carbonyl (C=O) groups is 1. The van der Waals surface area contributed by atoms with Gasteiger partial charge in [0.1, 0.15) is 0 Å². The molecule has 2 rings (SSSR count). The Labute approximate surface area is 95.6 Å². The average Bonchev–Trinajstić information content (AvgIpc) is 3.10. The molecule has 0 radical (unpaired) electrons. The van der Waals surface area contributed by atoms with Gasteiger partial charge in [0, 0.05) is 11.5 Å². The van der Waals surface area contributed by atoms with E-state index in [9.17, 15) is 4.79 Å². The molecule has 1 fully saturated rings. The number of benzene rings is 1. The first-order chi connectivity index (χ1) is 7.68. The van der Waals surface area contributed by atoms with Crippen molar-refractivity contribution in [2.45, 2.75) is 26.7 Å². The molecule has 1 saturated carbocycles. The van der Waals surface area contributed by atoms with Crippen molar-refractivity contribution in [3.63, 3.8) is 0 Å². The van der Waals surface area contributed by atoms with E-state index in [1.165, 1.54) is 5.56 Å². The first-order valence-corrected chi connectivity index (χ1v) is 5.58. The SMILES string of the molecule is C/C(=N/NC(=O)C1CC1)c1ccccc1C. The quantitative estimate of drug-likeness (QED) is 0.611. The van der Waals surface area contributed by atoms with Crippen LogP contribution in [-0.4, -0.2) is 11.6 Å². The van der Waals surface area contributed by atoms with Crippen LogP contribution in [0.3, 0.4) is 0 Å². The Morgan fingerprint density at radius 2 is 2.06 bits per heavy atom. The molecule has 1 aliphatic carbocycles. The molecule has 0 bridgehead atoms. The standard InChI is InChI=1S/C13H16N2O/c1-9-5-3-4-6-12(9)10(2)14-15-13(16)11-7-8-11/h3-6,11H,7-8H2,1-2H3,(H,15,16)/b14-10-. The molecule has 0 saturated heterocycles. The first-order valence-electron chi connectivity index (χ1n) is 5.58. The molecule has 84 valence electrons. The summed E-state index contributed by atoms with van der Waals surface area (Å²) in [6.45, 7) is 3.95. The fourth-order valence-electron chi connectivity index (χ4n) is 1.61. The molecule has 1 N–H and O–H groups in total. The van der Waals surface area contributed by atoms with Crippen LogP contribution in [0.1, 0.15) is 30.9 Å². The highest BCUT2D eigenvalue weighted by Crippen LogP contribution is 2.28.